The van der Waals surface area contributed by atoms with Gasteiger partial charge in [0.15, 0.2) is 11.5 Å². The molecular formula is C15H15FO12S. The Kier molecular flexibility index (Phi) is 6.04. The molecule has 14 heteroatoms. The number of rotatable bonds is 6. The van der Waals surface area contributed by atoms with Crippen molar-refractivity contribution in [1.82, 2.24) is 0 Å². The van der Waals surface area contributed by atoms with Gasteiger partial charge in [-0.15, -0.1) is 0 Å². The van der Waals surface area contributed by atoms with E-state index in [2.05, 4.69) is 8.57 Å². The normalized spacial score (nSPS) is 27.7. The lowest BCUT2D eigenvalue weighted by Gasteiger charge is -2.39. The first-order valence-electron chi connectivity index (χ1n) is 7.95. The van der Waals surface area contributed by atoms with Gasteiger partial charge in [-0.1, -0.05) is 0 Å². The lowest BCUT2D eigenvalue weighted by Crippen LogP contribution is -2.60. The molecule has 0 radical (unpaired) electrons. The molecule has 4 N–H and O–H groups in total. The highest BCUT2D eigenvalue weighted by atomic mass is 32.3. The third-order valence-electron chi connectivity index (χ3n) is 4.05. The Morgan fingerprint density at radius 3 is 2.45 bits per heavy atom. The summed E-state index contributed by atoms with van der Waals surface area (Å²) in [6, 6.07) is 4.29. The molecule has 5 atom stereocenters. The first-order valence-corrected chi connectivity index (χ1v) is 9.28. The van der Waals surface area contributed by atoms with Crippen molar-refractivity contribution in [2.45, 2.75) is 30.7 Å². The Hall–Kier alpha value is -2.33. The van der Waals surface area contributed by atoms with Crippen molar-refractivity contribution in [2.75, 3.05) is 6.61 Å². The van der Waals surface area contributed by atoms with E-state index in [1.54, 1.807) is 0 Å². The smallest absolute Gasteiger partial charge is 0.458 e. The molecule has 12 nitrogen and oxygen atoms in total. The van der Waals surface area contributed by atoms with Crippen LogP contribution in [-0.4, -0.2) is 66.2 Å². The molecule has 1 aromatic carbocycles. The van der Waals surface area contributed by atoms with E-state index in [1.165, 1.54) is 6.07 Å². The zero-order valence-corrected chi connectivity index (χ0v) is 15.1. The summed E-state index contributed by atoms with van der Waals surface area (Å²) in [6.07, 6.45) is -8.34. The fourth-order valence-electron chi connectivity index (χ4n) is 2.65. The van der Waals surface area contributed by atoms with Gasteiger partial charge in [-0.25, -0.2) is 4.79 Å². The summed E-state index contributed by atoms with van der Waals surface area (Å²) in [5, 5.41) is 39.0. The van der Waals surface area contributed by atoms with Gasteiger partial charge in [-0.2, -0.15) is 8.42 Å². The average molecular weight is 438 g/mol. The summed E-state index contributed by atoms with van der Waals surface area (Å²) in [4.78, 5) is 11.4. The van der Waals surface area contributed by atoms with Crippen LogP contribution in [0.15, 0.2) is 33.5 Å². The second-order valence-corrected chi connectivity index (χ2v) is 7.07. The minimum absolute atomic E-state index is 0.0944. The largest absolute Gasteiger partial charge is 0.480 e. The zero-order chi connectivity index (χ0) is 21.3. The number of aliphatic hydroxyl groups is 4. The molecule has 1 fully saturated rings. The molecule has 0 amide bonds. The van der Waals surface area contributed by atoms with Crippen LogP contribution in [0, 0.1) is 0 Å². The van der Waals surface area contributed by atoms with Crippen LogP contribution in [0.4, 0.5) is 4.53 Å². The van der Waals surface area contributed by atoms with Crippen molar-refractivity contribution in [3.8, 4) is 11.5 Å². The van der Waals surface area contributed by atoms with Gasteiger partial charge < -0.3 is 38.5 Å². The Morgan fingerprint density at radius 1 is 1.07 bits per heavy atom. The van der Waals surface area contributed by atoms with E-state index in [-0.39, 0.29) is 11.0 Å². The number of ether oxygens (including phenoxy) is 2. The second kappa shape index (κ2) is 8.19. The first kappa shape index (κ1) is 21.4. The molecule has 29 heavy (non-hydrogen) atoms. The zero-order valence-electron chi connectivity index (χ0n) is 14.2. The van der Waals surface area contributed by atoms with Crippen molar-refractivity contribution < 1.29 is 55.8 Å². The van der Waals surface area contributed by atoms with Gasteiger partial charge in [0.2, 0.25) is 6.29 Å². The van der Waals surface area contributed by atoms with E-state index in [4.69, 9.17) is 13.9 Å². The van der Waals surface area contributed by atoms with Crippen LogP contribution in [0.25, 0.3) is 11.0 Å². The van der Waals surface area contributed by atoms with Crippen molar-refractivity contribution in [2.24, 2.45) is 0 Å². The van der Waals surface area contributed by atoms with E-state index in [9.17, 15) is 38.2 Å². The molecule has 0 bridgehead atoms. The quantitative estimate of drug-likeness (QED) is 0.384. The van der Waals surface area contributed by atoms with Crippen LogP contribution >= 0.6 is 0 Å². The molecule has 0 spiro atoms. The summed E-state index contributed by atoms with van der Waals surface area (Å²) in [6.45, 7) is -0.745. The van der Waals surface area contributed by atoms with E-state index in [0.717, 1.165) is 18.2 Å². The van der Waals surface area contributed by atoms with Gasteiger partial charge in [0.05, 0.1) is 6.61 Å². The van der Waals surface area contributed by atoms with Crippen LogP contribution in [0.1, 0.15) is 0 Å². The van der Waals surface area contributed by atoms with Gasteiger partial charge in [-0.05, 0) is 21.0 Å². The Bertz CT molecular complexity index is 1040. The lowest BCUT2D eigenvalue weighted by molar-refractivity contribution is -0.277. The number of fused-ring (bicyclic) bond motifs is 1. The van der Waals surface area contributed by atoms with E-state index >= 15 is 0 Å². The van der Waals surface area contributed by atoms with Crippen LogP contribution < -0.4 is 14.5 Å². The topological polar surface area (TPSA) is 182 Å². The van der Waals surface area contributed by atoms with Gasteiger partial charge in [0.25, 0.3) is 0 Å². The third-order valence-corrected chi connectivity index (χ3v) is 4.58. The number of halogens is 1. The Balaban J connectivity index is 2.02. The first-order chi connectivity index (χ1) is 13.6. The van der Waals surface area contributed by atoms with E-state index < -0.39 is 64.8 Å². The second-order valence-electron chi connectivity index (χ2n) is 5.96. The maximum Gasteiger partial charge on any atom is 0.480 e. The summed E-state index contributed by atoms with van der Waals surface area (Å²) >= 11 is 0. The Morgan fingerprint density at radius 2 is 1.79 bits per heavy atom. The van der Waals surface area contributed by atoms with Crippen molar-refractivity contribution in [3.05, 3.63) is 34.7 Å². The summed E-state index contributed by atoms with van der Waals surface area (Å²) in [5.74, 6) is -1.15. The molecule has 1 aromatic heterocycles. The maximum absolute atomic E-state index is 12.2. The van der Waals surface area contributed by atoms with Gasteiger partial charge in [0.1, 0.15) is 30.0 Å². The molecule has 1 saturated heterocycles. The number of hydrogen-bond donors (Lipinski definition) is 4. The standard InChI is InChI=1S/C15H15FO12S/c16-28-29(22,23)27-9-3-6-1-2-11(18)24-7(6)4-8(9)25-15-14(21)13(20)12(19)10(5-17)26-15/h1-4,10,12-15,17,19-21H,5H2/t10-,12-,13+,14-,15-/m1/s1. The molecular weight excluding hydrogens is 423 g/mol. The number of aliphatic hydroxyl groups excluding tert-OH is 4. The average Bonchev–Trinajstić information content (AvgIpc) is 2.68. The SMILES string of the molecule is O=c1ccc2cc(OS(=O)(=O)OF)c(O[C@@H]3O[C@H](CO)[C@@H](O)[C@H](O)[C@H]3O)cc2o1. The van der Waals surface area contributed by atoms with Crippen molar-refractivity contribution in [1.29, 1.82) is 0 Å². The summed E-state index contributed by atoms with van der Waals surface area (Å²) in [7, 11) is -5.13. The summed E-state index contributed by atoms with van der Waals surface area (Å²) < 4.78 is 57.4. The molecule has 0 saturated carbocycles. The highest BCUT2D eigenvalue weighted by Crippen LogP contribution is 2.36. The van der Waals surface area contributed by atoms with Gasteiger partial charge in [-0.3, -0.25) is 0 Å². The predicted octanol–water partition coefficient (Wildman–Crippen LogP) is -1.50. The van der Waals surface area contributed by atoms with Gasteiger partial charge in [0, 0.05) is 17.5 Å². The van der Waals surface area contributed by atoms with Crippen molar-refractivity contribution in [3.63, 3.8) is 0 Å². The molecule has 1 aliphatic heterocycles. The maximum atomic E-state index is 12.2. The van der Waals surface area contributed by atoms with E-state index in [1.807, 2.05) is 0 Å². The fraction of sp³-hybridized carbons (Fsp3) is 0.400. The van der Waals surface area contributed by atoms with Gasteiger partial charge >= 0.3 is 16.0 Å². The predicted molar refractivity (Wildman–Crippen MR) is 88.6 cm³/mol. The van der Waals surface area contributed by atoms with Crippen LogP contribution in [0.5, 0.6) is 11.5 Å². The lowest BCUT2D eigenvalue weighted by atomic mass is 9.99. The molecule has 160 valence electrons. The summed E-state index contributed by atoms with van der Waals surface area (Å²) in [5.41, 5.74) is -0.840. The highest BCUT2D eigenvalue weighted by Gasteiger charge is 2.45. The third kappa shape index (κ3) is 4.48. The Labute approximate surface area is 161 Å². The molecule has 0 aliphatic carbocycles. The number of benzene rings is 1. The minimum Gasteiger partial charge on any atom is -0.458 e. The molecule has 2 aromatic rings. The highest BCUT2D eigenvalue weighted by molar-refractivity contribution is 7.82. The van der Waals surface area contributed by atoms with Crippen LogP contribution in [-0.2, 0) is 19.5 Å². The minimum atomic E-state index is -5.13. The molecule has 1 aliphatic rings. The van der Waals surface area contributed by atoms with Crippen LogP contribution in [0.3, 0.4) is 0 Å². The monoisotopic (exact) mass is 438 g/mol. The fourth-order valence-corrected chi connectivity index (χ4v) is 3.02. The molecule has 2 heterocycles. The molecule has 0 unspecified atom stereocenters. The van der Waals surface area contributed by atoms with Crippen LogP contribution in [0.2, 0.25) is 0 Å². The van der Waals surface area contributed by atoms with E-state index in [0.29, 0.717) is 0 Å². The molecule has 3 rings (SSSR count). The number of hydrogen-bond acceptors (Lipinski definition) is 12. The van der Waals surface area contributed by atoms with Crippen molar-refractivity contribution >= 4 is 21.4 Å².